The van der Waals surface area contributed by atoms with Crippen molar-refractivity contribution in [1.82, 2.24) is 10.3 Å². The first-order chi connectivity index (χ1) is 8.28. The van der Waals surface area contributed by atoms with E-state index in [-0.39, 0.29) is 0 Å². The summed E-state index contributed by atoms with van der Waals surface area (Å²) in [7, 11) is 2.00. The average Bonchev–Trinajstić information content (AvgIpc) is 2.77. The number of ether oxygens (including phenoxy) is 1. The van der Waals surface area contributed by atoms with Gasteiger partial charge in [0.2, 0.25) is 0 Å². The Balaban J connectivity index is 1.84. The molecule has 2 heterocycles. The second-order valence-electron chi connectivity index (χ2n) is 4.89. The van der Waals surface area contributed by atoms with Crippen molar-refractivity contribution < 1.29 is 4.74 Å². The monoisotopic (exact) mass is 254 g/mol. The Morgan fingerprint density at radius 3 is 3.00 bits per heavy atom. The largest absolute Gasteiger partial charge is 0.381 e. The van der Waals surface area contributed by atoms with Gasteiger partial charge >= 0.3 is 0 Å². The van der Waals surface area contributed by atoms with Gasteiger partial charge in [-0.05, 0) is 32.7 Å². The predicted molar refractivity (Wildman–Crippen MR) is 71.6 cm³/mol. The van der Waals surface area contributed by atoms with Crippen molar-refractivity contribution in [2.24, 2.45) is 5.92 Å². The summed E-state index contributed by atoms with van der Waals surface area (Å²) in [4.78, 5) is 4.73. The number of hydrogen-bond acceptors (Lipinski definition) is 4. The van der Waals surface area contributed by atoms with Crippen LogP contribution >= 0.6 is 11.3 Å². The summed E-state index contributed by atoms with van der Waals surface area (Å²) in [6.45, 7) is 4.05. The van der Waals surface area contributed by atoms with E-state index in [0.29, 0.717) is 6.04 Å². The van der Waals surface area contributed by atoms with E-state index < -0.39 is 0 Å². The molecular formula is C13H22N2OS. The minimum absolute atomic E-state index is 0.507. The molecule has 1 saturated heterocycles. The lowest BCUT2D eigenvalue weighted by Gasteiger charge is -2.20. The highest BCUT2D eigenvalue weighted by molar-refractivity contribution is 7.09. The molecule has 17 heavy (non-hydrogen) atoms. The lowest BCUT2D eigenvalue weighted by molar-refractivity contribution is 0.0665. The van der Waals surface area contributed by atoms with Crippen LogP contribution in [0, 0.1) is 5.92 Å². The number of nitrogens with one attached hydrogen (secondary N) is 1. The first-order valence-corrected chi connectivity index (χ1v) is 7.34. The number of hydrogen-bond donors (Lipinski definition) is 1. The molecule has 0 bridgehead atoms. The molecule has 1 N–H and O–H groups in total. The minimum atomic E-state index is 0.507. The van der Waals surface area contributed by atoms with Crippen molar-refractivity contribution in [1.29, 1.82) is 0 Å². The number of likely N-dealkylation sites (N-methyl/N-ethyl adjacent to an activating group) is 1. The van der Waals surface area contributed by atoms with E-state index in [4.69, 9.17) is 9.72 Å². The topological polar surface area (TPSA) is 34.1 Å². The Morgan fingerprint density at radius 1 is 1.53 bits per heavy atom. The third-order valence-electron chi connectivity index (χ3n) is 3.41. The molecule has 0 aliphatic carbocycles. The number of thiazole rings is 1. The summed E-state index contributed by atoms with van der Waals surface area (Å²) in [5, 5.41) is 6.76. The van der Waals surface area contributed by atoms with E-state index in [2.05, 4.69) is 17.6 Å². The van der Waals surface area contributed by atoms with Crippen LogP contribution < -0.4 is 5.32 Å². The van der Waals surface area contributed by atoms with E-state index in [9.17, 15) is 0 Å². The maximum absolute atomic E-state index is 5.38. The molecule has 3 nitrogen and oxygen atoms in total. The summed E-state index contributed by atoms with van der Waals surface area (Å²) < 4.78 is 5.38. The van der Waals surface area contributed by atoms with E-state index >= 15 is 0 Å². The molecule has 4 heteroatoms. The van der Waals surface area contributed by atoms with Crippen LogP contribution in [0.1, 0.15) is 30.5 Å². The average molecular weight is 254 g/mol. The Bertz CT molecular complexity index is 334. The summed E-state index contributed by atoms with van der Waals surface area (Å²) in [5.74, 6) is 0.782. The van der Waals surface area contributed by atoms with Crippen LogP contribution in [0.15, 0.2) is 5.38 Å². The second-order valence-corrected chi connectivity index (χ2v) is 5.83. The Labute approximate surface area is 108 Å². The smallest absolute Gasteiger partial charge is 0.0931 e. The van der Waals surface area contributed by atoms with Crippen LogP contribution in [0.25, 0.3) is 0 Å². The molecule has 1 aliphatic heterocycles. The van der Waals surface area contributed by atoms with Crippen LogP contribution in [0.4, 0.5) is 0 Å². The second kappa shape index (κ2) is 6.47. The molecule has 0 radical (unpaired) electrons. The number of nitrogens with zero attached hydrogens (tertiary/aromatic N) is 1. The lowest BCUT2D eigenvalue weighted by atomic mass is 9.97. The van der Waals surface area contributed by atoms with Gasteiger partial charge in [-0.3, -0.25) is 0 Å². The van der Waals surface area contributed by atoms with Gasteiger partial charge in [0.25, 0.3) is 0 Å². The van der Waals surface area contributed by atoms with Crippen molar-refractivity contribution in [3.05, 3.63) is 16.1 Å². The van der Waals surface area contributed by atoms with Crippen molar-refractivity contribution in [3.8, 4) is 0 Å². The first kappa shape index (κ1) is 13.0. The molecule has 0 spiro atoms. The van der Waals surface area contributed by atoms with Crippen LogP contribution in [0.3, 0.4) is 0 Å². The highest BCUT2D eigenvalue weighted by Gasteiger charge is 2.16. The quantitative estimate of drug-likeness (QED) is 0.875. The van der Waals surface area contributed by atoms with Gasteiger partial charge in [-0.2, -0.15) is 0 Å². The zero-order valence-electron chi connectivity index (χ0n) is 10.7. The fourth-order valence-electron chi connectivity index (χ4n) is 2.15. The van der Waals surface area contributed by atoms with Gasteiger partial charge in [0.1, 0.15) is 0 Å². The summed E-state index contributed by atoms with van der Waals surface area (Å²) >= 11 is 1.82. The molecule has 0 aromatic carbocycles. The van der Waals surface area contributed by atoms with Crippen molar-refractivity contribution in [2.75, 3.05) is 20.3 Å². The van der Waals surface area contributed by atoms with Gasteiger partial charge in [-0.25, -0.2) is 4.98 Å². The van der Waals surface area contributed by atoms with E-state index in [1.165, 1.54) is 23.5 Å². The normalized spacial score (nSPS) is 19.4. The van der Waals surface area contributed by atoms with E-state index in [1.54, 1.807) is 0 Å². The molecule has 1 fully saturated rings. The third-order valence-corrected chi connectivity index (χ3v) is 4.33. The molecular weight excluding hydrogens is 232 g/mol. The zero-order valence-corrected chi connectivity index (χ0v) is 11.6. The molecule has 0 saturated carbocycles. The van der Waals surface area contributed by atoms with Gasteiger partial charge in [0.15, 0.2) is 0 Å². The van der Waals surface area contributed by atoms with Gasteiger partial charge in [0.05, 0.1) is 10.7 Å². The fourth-order valence-corrected chi connectivity index (χ4v) is 3.07. The highest BCUT2D eigenvalue weighted by atomic mass is 32.1. The predicted octanol–water partition coefficient (Wildman–Crippen LogP) is 2.26. The van der Waals surface area contributed by atoms with Gasteiger partial charge in [-0.15, -0.1) is 11.3 Å². The van der Waals surface area contributed by atoms with E-state index in [1.807, 2.05) is 18.4 Å². The van der Waals surface area contributed by atoms with Crippen molar-refractivity contribution >= 4 is 11.3 Å². The Morgan fingerprint density at radius 2 is 2.29 bits per heavy atom. The Hall–Kier alpha value is -0.450. The maximum Gasteiger partial charge on any atom is 0.0931 e. The zero-order chi connectivity index (χ0) is 12.1. The first-order valence-electron chi connectivity index (χ1n) is 6.46. The SMILES string of the molecule is CNC(C)Cc1csc(CC2CCOCC2)n1. The van der Waals surface area contributed by atoms with Crippen molar-refractivity contribution in [2.45, 2.75) is 38.6 Å². The number of aromatic nitrogens is 1. The fraction of sp³-hybridized carbons (Fsp3) is 0.769. The van der Waals surface area contributed by atoms with Crippen LogP contribution in [0.5, 0.6) is 0 Å². The molecule has 1 atom stereocenters. The molecule has 2 rings (SSSR count). The summed E-state index contributed by atoms with van der Waals surface area (Å²) in [5.41, 5.74) is 1.24. The third kappa shape index (κ3) is 4.05. The van der Waals surface area contributed by atoms with Crippen LogP contribution in [-0.4, -0.2) is 31.3 Å². The summed E-state index contributed by atoms with van der Waals surface area (Å²) in [6.07, 6.45) is 4.56. The van der Waals surface area contributed by atoms with Gasteiger partial charge < -0.3 is 10.1 Å². The van der Waals surface area contributed by atoms with Crippen molar-refractivity contribution in [3.63, 3.8) is 0 Å². The summed E-state index contributed by atoms with van der Waals surface area (Å²) in [6, 6.07) is 0.507. The van der Waals surface area contributed by atoms with Gasteiger partial charge in [-0.1, -0.05) is 0 Å². The van der Waals surface area contributed by atoms with Crippen LogP contribution in [0.2, 0.25) is 0 Å². The molecule has 0 amide bonds. The van der Waals surface area contributed by atoms with E-state index in [0.717, 1.165) is 32.0 Å². The Kier molecular flexibility index (Phi) is 4.95. The molecule has 1 aromatic heterocycles. The molecule has 1 aliphatic rings. The molecule has 1 unspecified atom stereocenters. The number of rotatable bonds is 5. The lowest BCUT2D eigenvalue weighted by Crippen LogP contribution is -2.23. The maximum atomic E-state index is 5.38. The van der Waals surface area contributed by atoms with Gasteiger partial charge in [0, 0.05) is 37.5 Å². The minimum Gasteiger partial charge on any atom is -0.381 e. The molecule has 1 aromatic rings. The highest BCUT2D eigenvalue weighted by Crippen LogP contribution is 2.22. The molecule has 96 valence electrons. The standard InChI is InChI=1S/C13H22N2OS/c1-10(14-2)7-12-9-17-13(15-12)8-11-3-5-16-6-4-11/h9-11,14H,3-8H2,1-2H3. The van der Waals surface area contributed by atoms with Crippen LogP contribution in [-0.2, 0) is 17.6 Å².